The summed E-state index contributed by atoms with van der Waals surface area (Å²) < 4.78 is 5.57. The lowest BCUT2D eigenvalue weighted by Gasteiger charge is -2.08. The van der Waals surface area contributed by atoms with Crippen LogP contribution in [-0.2, 0) is 0 Å². The molecule has 0 radical (unpaired) electrons. The molecule has 0 aliphatic rings. The Morgan fingerprint density at radius 1 is 1.22 bits per heavy atom. The minimum Gasteiger partial charge on any atom is -0.456 e. The zero-order valence-electron chi connectivity index (χ0n) is 9.15. The highest BCUT2D eigenvalue weighted by Crippen LogP contribution is 2.31. The number of pyridine rings is 1. The highest BCUT2D eigenvalue weighted by molar-refractivity contribution is 6.34. The van der Waals surface area contributed by atoms with Gasteiger partial charge in [0, 0.05) is 23.4 Å². The molecule has 0 spiro atoms. The lowest BCUT2D eigenvalue weighted by molar-refractivity contribution is 0.482. The third-order valence-electron chi connectivity index (χ3n) is 2.13. The van der Waals surface area contributed by atoms with Crippen molar-refractivity contribution in [2.45, 2.75) is 0 Å². The zero-order valence-corrected chi connectivity index (χ0v) is 10.7. The van der Waals surface area contributed by atoms with Crippen LogP contribution in [0.1, 0.15) is 5.69 Å². The van der Waals surface area contributed by atoms with Crippen molar-refractivity contribution in [2.75, 3.05) is 0 Å². The highest BCUT2D eigenvalue weighted by Gasteiger charge is 2.06. The average molecular weight is 282 g/mol. The first-order chi connectivity index (χ1) is 8.56. The third-order valence-corrected chi connectivity index (χ3v) is 2.68. The van der Waals surface area contributed by atoms with Gasteiger partial charge in [0.2, 0.25) is 0 Å². The van der Waals surface area contributed by atoms with E-state index < -0.39 is 0 Å². The smallest absolute Gasteiger partial charge is 0.147 e. The van der Waals surface area contributed by atoms with Crippen LogP contribution < -0.4 is 10.5 Å². The quantitative estimate of drug-likeness (QED) is 0.668. The Hall–Kier alpha value is -1.78. The standard InChI is InChI=1S/C12H9Cl2N3O/c13-7-1-2-9(14)11(5-7)18-8-3-4-17-10(6-8)12(15)16/h1-6H,(H3,15,16). The first-order valence-electron chi connectivity index (χ1n) is 4.99. The van der Waals surface area contributed by atoms with E-state index in [9.17, 15) is 0 Å². The van der Waals surface area contributed by atoms with Gasteiger partial charge < -0.3 is 10.5 Å². The number of hydrogen-bond acceptors (Lipinski definition) is 3. The van der Waals surface area contributed by atoms with Gasteiger partial charge in [0.1, 0.15) is 23.0 Å². The average Bonchev–Trinajstić information content (AvgIpc) is 2.34. The number of ether oxygens (including phenoxy) is 1. The molecule has 1 heterocycles. The van der Waals surface area contributed by atoms with Gasteiger partial charge in [-0.25, -0.2) is 0 Å². The number of nitrogen functional groups attached to an aromatic ring is 1. The molecule has 6 heteroatoms. The maximum atomic E-state index is 7.30. The van der Waals surface area contributed by atoms with Gasteiger partial charge in [-0.05, 0) is 18.2 Å². The van der Waals surface area contributed by atoms with Crippen LogP contribution in [0.2, 0.25) is 10.0 Å². The second kappa shape index (κ2) is 5.25. The van der Waals surface area contributed by atoms with Crippen molar-refractivity contribution in [2.24, 2.45) is 5.73 Å². The Morgan fingerprint density at radius 2 is 2.00 bits per heavy atom. The molecule has 1 aromatic carbocycles. The second-order valence-electron chi connectivity index (χ2n) is 3.47. The first-order valence-corrected chi connectivity index (χ1v) is 5.75. The first kappa shape index (κ1) is 12.7. The van der Waals surface area contributed by atoms with Crippen LogP contribution in [0.5, 0.6) is 11.5 Å². The molecule has 1 aromatic heterocycles. The van der Waals surface area contributed by atoms with Crippen molar-refractivity contribution in [1.82, 2.24) is 4.98 Å². The maximum Gasteiger partial charge on any atom is 0.147 e. The van der Waals surface area contributed by atoms with Crippen LogP contribution in [0.3, 0.4) is 0 Å². The summed E-state index contributed by atoms with van der Waals surface area (Å²) in [5.74, 6) is 0.793. The summed E-state index contributed by atoms with van der Waals surface area (Å²) >= 11 is 11.8. The molecule has 0 unspecified atom stereocenters. The summed E-state index contributed by atoms with van der Waals surface area (Å²) in [6, 6.07) is 8.12. The van der Waals surface area contributed by atoms with Crippen molar-refractivity contribution in [1.29, 1.82) is 5.41 Å². The maximum absolute atomic E-state index is 7.30. The summed E-state index contributed by atoms with van der Waals surface area (Å²) in [7, 11) is 0. The van der Waals surface area contributed by atoms with E-state index in [-0.39, 0.29) is 5.84 Å². The molecule has 4 nitrogen and oxygen atoms in total. The summed E-state index contributed by atoms with van der Waals surface area (Å²) in [5.41, 5.74) is 5.69. The molecule has 0 saturated carbocycles. The van der Waals surface area contributed by atoms with Crippen LogP contribution >= 0.6 is 23.2 Å². The van der Waals surface area contributed by atoms with E-state index in [1.54, 1.807) is 30.3 Å². The number of halogens is 2. The number of aromatic nitrogens is 1. The Bertz CT molecular complexity index is 602. The molecule has 18 heavy (non-hydrogen) atoms. The van der Waals surface area contributed by atoms with Gasteiger partial charge in [0.05, 0.1) is 5.02 Å². The minimum atomic E-state index is -0.127. The van der Waals surface area contributed by atoms with Crippen LogP contribution in [0, 0.1) is 5.41 Å². The van der Waals surface area contributed by atoms with Gasteiger partial charge in [0.25, 0.3) is 0 Å². The molecule has 92 valence electrons. The fourth-order valence-electron chi connectivity index (χ4n) is 1.30. The minimum absolute atomic E-state index is 0.127. The van der Waals surface area contributed by atoms with E-state index in [0.717, 1.165) is 0 Å². The molecule has 3 N–H and O–H groups in total. The molecule has 0 atom stereocenters. The van der Waals surface area contributed by atoms with Gasteiger partial charge in [-0.1, -0.05) is 23.2 Å². The number of amidine groups is 1. The van der Waals surface area contributed by atoms with E-state index in [1.165, 1.54) is 6.20 Å². The molecule has 2 aromatic rings. The zero-order chi connectivity index (χ0) is 13.1. The van der Waals surface area contributed by atoms with Gasteiger partial charge >= 0.3 is 0 Å². The molecule has 0 aliphatic heterocycles. The van der Waals surface area contributed by atoms with Gasteiger partial charge in [-0.3, -0.25) is 10.4 Å². The molecular weight excluding hydrogens is 273 g/mol. The summed E-state index contributed by atoms with van der Waals surface area (Å²) in [4.78, 5) is 3.93. The number of rotatable bonds is 3. The molecule has 0 bridgehead atoms. The van der Waals surface area contributed by atoms with Gasteiger partial charge in [-0.15, -0.1) is 0 Å². The Kier molecular flexibility index (Phi) is 3.69. The largest absolute Gasteiger partial charge is 0.456 e. The van der Waals surface area contributed by atoms with Crippen LogP contribution in [0.4, 0.5) is 0 Å². The number of nitrogens with zero attached hydrogens (tertiary/aromatic N) is 1. The normalized spacial score (nSPS) is 10.1. The fraction of sp³-hybridized carbons (Fsp3) is 0. The van der Waals surface area contributed by atoms with Crippen molar-refractivity contribution in [3.05, 3.63) is 52.3 Å². The topological polar surface area (TPSA) is 72.0 Å². The van der Waals surface area contributed by atoms with Gasteiger partial charge in [-0.2, -0.15) is 0 Å². The predicted molar refractivity (Wildman–Crippen MR) is 71.8 cm³/mol. The summed E-state index contributed by atoms with van der Waals surface area (Å²) in [5, 5.41) is 8.27. The summed E-state index contributed by atoms with van der Waals surface area (Å²) in [6.45, 7) is 0. The van der Waals surface area contributed by atoms with Gasteiger partial charge in [0.15, 0.2) is 0 Å². The number of hydrogen-bond donors (Lipinski definition) is 2. The van der Waals surface area contributed by atoms with Crippen molar-refractivity contribution in [3.63, 3.8) is 0 Å². The van der Waals surface area contributed by atoms with Crippen molar-refractivity contribution >= 4 is 29.0 Å². The fourth-order valence-corrected chi connectivity index (χ4v) is 1.62. The molecule has 2 rings (SSSR count). The lowest BCUT2D eigenvalue weighted by Crippen LogP contribution is -2.12. The Balaban J connectivity index is 2.31. The SMILES string of the molecule is N=C(N)c1cc(Oc2cc(Cl)ccc2Cl)ccn1. The van der Waals surface area contributed by atoms with E-state index in [1.807, 2.05) is 0 Å². The predicted octanol–water partition coefficient (Wildman–Crippen LogP) is 3.46. The van der Waals surface area contributed by atoms with E-state index in [4.69, 9.17) is 39.1 Å². The number of nitrogens with two attached hydrogens (primary N) is 1. The van der Waals surface area contributed by atoms with Crippen molar-refractivity contribution < 1.29 is 4.74 Å². The Labute approximate surface area is 114 Å². The number of benzene rings is 1. The van der Waals surface area contributed by atoms with E-state index >= 15 is 0 Å². The third kappa shape index (κ3) is 2.91. The lowest BCUT2D eigenvalue weighted by atomic mass is 10.3. The molecule has 0 saturated heterocycles. The Morgan fingerprint density at radius 3 is 2.72 bits per heavy atom. The summed E-state index contributed by atoms with van der Waals surface area (Å²) in [6.07, 6.45) is 1.50. The molecular formula is C12H9Cl2N3O. The molecule has 0 amide bonds. The highest BCUT2D eigenvalue weighted by atomic mass is 35.5. The molecule has 0 fully saturated rings. The molecule has 0 aliphatic carbocycles. The van der Waals surface area contributed by atoms with Crippen molar-refractivity contribution in [3.8, 4) is 11.5 Å². The monoisotopic (exact) mass is 281 g/mol. The van der Waals surface area contributed by atoms with E-state index in [2.05, 4.69) is 4.98 Å². The van der Waals surface area contributed by atoms with Crippen LogP contribution in [-0.4, -0.2) is 10.8 Å². The van der Waals surface area contributed by atoms with Crippen LogP contribution in [0.15, 0.2) is 36.5 Å². The van der Waals surface area contributed by atoms with Crippen LogP contribution in [0.25, 0.3) is 0 Å². The van der Waals surface area contributed by atoms with E-state index in [0.29, 0.717) is 27.2 Å². The second-order valence-corrected chi connectivity index (χ2v) is 4.31. The number of nitrogens with one attached hydrogen (secondary N) is 1.